The minimum Gasteiger partial charge on any atom is -0.375 e. The monoisotopic (exact) mass is 403 g/mol. The van der Waals surface area contributed by atoms with Gasteiger partial charge < -0.3 is 10.6 Å². The Morgan fingerprint density at radius 2 is 1.79 bits per heavy atom. The average molecular weight is 404 g/mol. The Morgan fingerprint density at radius 1 is 1.11 bits per heavy atom. The molecule has 0 radical (unpaired) electrons. The van der Waals surface area contributed by atoms with Crippen molar-refractivity contribution in [3.8, 4) is 0 Å². The highest BCUT2D eigenvalue weighted by Gasteiger charge is 2.22. The lowest BCUT2D eigenvalue weighted by Gasteiger charge is -2.36. The molecule has 1 saturated heterocycles. The molecule has 5 nitrogen and oxygen atoms in total. The summed E-state index contributed by atoms with van der Waals surface area (Å²) in [6.45, 7) is 5.77. The molecule has 1 fully saturated rings. The van der Waals surface area contributed by atoms with Gasteiger partial charge in [-0.1, -0.05) is 29.8 Å². The quantitative estimate of drug-likeness (QED) is 0.457. The molecular formula is C20H23F2N5S. The number of anilines is 1. The van der Waals surface area contributed by atoms with Gasteiger partial charge in [0, 0.05) is 38.3 Å². The van der Waals surface area contributed by atoms with Crippen molar-refractivity contribution < 1.29 is 8.78 Å². The number of hydrazone groups is 1. The summed E-state index contributed by atoms with van der Waals surface area (Å²) < 4.78 is 28.9. The Bertz CT molecular complexity index is 862. The SMILES string of the molecule is Cc1ccc(CN2CCN(c3ccc(/C=N/NC(N)=S)c(F)c3F)CC2)cc1. The number of hydrogen-bond donors (Lipinski definition) is 2. The number of halogens is 2. The first-order valence-corrected chi connectivity index (χ1v) is 9.44. The average Bonchev–Trinajstić information content (AvgIpc) is 2.68. The molecule has 3 N–H and O–H groups in total. The summed E-state index contributed by atoms with van der Waals surface area (Å²) >= 11 is 4.61. The zero-order valence-corrected chi connectivity index (χ0v) is 16.5. The lowest BCUT2D eigenvalue weighted by molar-refractivity contribution is 0.249. The molecule has 0 saturated carbocycles. The summed E-state index contributed by atoms with van der Waals surface area (Å²) in [6, 6.07) is 11.5. The number of hydrogen-bond acceptors (Lipinski definition) is 4. The summed E-state index contributed by atoms with van der Waals surface area (Å²) in [7, 11) is 0. The van der Waals surface area contributed by atoms with Crippen molar-refractivity contribution >= 4 is 29.2 Å². The van der Waals surface area contributed by atoms with Gasteiger partial charge in [-0.25, -0.2) is 8.78 Å². The molecule has 2 aromatic rings. The summed E-state index contributed by atoms with van der Waals surface area (Å²) in [4.78, 5) is 4.19. The number of aryl methyl sites for hydroxylation is 1. The van der Waals surface area contributed by atoms with Gasteiger partial charge >= 0.3 is 0 Å². The fraction of sp³-hybridized carbons (Fsp3) is 0.300. The zero-order chi connectivity index (χ0) is 20.1. The van der Waals surface area contributed by atoms with Crippen LogP contribution in [0, 0.1) is 18.6 Å². The second-order valence-electron chi connectivity index (χ2n) is 6.78. The van der Waals surface area contributed by atoms with Crippen molar-refractivity contribution in [3.05, 3.63) is 64.7 Å². The molecule has 0 aromatic heterocycles. The van der Waals surface area contributed by atoms with Crippen LogP contribution in [-0.2, 0) is 6.54 Å². The molecule has 0 unspecified atom stereocenters. The van der Waals surface area contributed by atoms with Crippen LogP contribution in [0.1, 0.15) is 16.7 Å². The molecule has 0 spiro atoms. The summed E-state index contributed by atoms with van der Waals surface area (Å²) in [5.74, 6) is -1.81. The largest absolute Gasteiger partial charge is 0.375 e. The van der Waals surface area contributed by atoms with Gasteiger partial charge in [0.25, 0.3) is 0 Å². The van der Waals surface area contributed by atoms with E-state index in [1.165, 1.54) is 17.2 Å². The van der Waals surface area contributed by atoms with Crippen LogP contribution < -0.4 is 16.1 Å². The van der Waals surface area contributed by atoms with Gasteiger partial charge in [0.15, 0.2) is 16.7 Å². The number of piperazine rings is 1. The van der Waals surface area contributed by atoms with Crippen molar-refractivity contribution in [2.24, 2.45) is 10.8 Å². The number of nitrogens with zero attached hydrogens (tertiary/aromatic N) is 3. The van der Waals surface area contributed by atoms with Crippen molar-refractivity contribution in [2.75, 3.05) is 31.1 Å². The molecule has 0 amide bonds. The van der Waals surface area contributed by atoms with E-state index < -0.39 is 11.6 Å². The van der Waals surface area contributed by atoms with Gasteiger partial charge in [-0.3, -0.25) is 10.3 Å². The molecule has 148 valence electrons. The van der Waals surface area contributed by atoms with E-state index in [0.29, 0.717) is 13.1 Å². The zero-order valence-electron chi connectivity index (χ0n) is 15.7. The number of benzene rings is 2. The van der Waals surface area contributed by atoms with Gasteiger partial charge in [-0.2, -0.15) is 5.10 Å². The topological polar surface area (TPSA) is 56.9 Å². The molecule has 0 aliphatic carbocycles. The Balaban J connectivity index is 1.62. The molecule has 1 aliphatic rings. The molecule has 28 heavy (non-hydrogen) atoms. The van der Waals surface area contributed by atoms with E-state index in [1.54, 1.807) is 6.07 Å². The predicted octanol–water partition coefficient (Wildman–Crippen LogP) is 2.76. The van der Waals surface area contributed by atoms with Crippen LogP contribution >= 0.6 is 12.2 Å². The second kappa shape index (κ2) is 9.07. The maximum absolute atomic E-state index is 14.6. The normalized spacial score (nSPS) is 15.2. The standard InChI is InChI=1S/C20H23F2N5S/c1-14-2-4-15(5-3-14)13-26-8-10-27(11-9-26)17-7-6-16(18(21)19(17)22)12-24-25-20(23)28/h2-7,12H,8-11,13H2,1H3,(H3,23,25,28)/b24-12+. The summed E-state index contributed by atoms with van der Waals surface area (Å²) in [5.41, 5.74) is 10.4. The van der Waals surface area contributed by atoms with Crippen LogP contribution in [0.2, 0.25) is 0 Å². The Hall–Kier alpha value is -2.58. The fourth-order valence-electron chi connectivity index (χ4n) is 3.16. The van der Waals surface area contributed by atoms with Crippen LogP contribution in [0.3, 0.4) is 0 Å². The van der Waals surface area contributed by atoms with Crippen LogP contribution in [0.4, 0.5) is 14.5 Å². The van der Waals surface area contributed by atoms with E-state index in [1.807, 2.05) is 4.90 Å². The predicted molar refractivity (Wildman–Crippen MR) is 113 cm³/mol. The molecule has 1 heterocycles. The Morgan fingerprint density at radius 3 is 2.43 bits per heavy atom. The summed E-state index contributed by atoms with van der Waals surface area (Å²) in [5, 5.41) is 3.63. The first-order chi connectivity index (χ1) is 13.4. The van der Waals surface area contributed by atoms with Gasteiger partial charge in [0.1, 0.15) is 0 Å². The number of nitrogens with one attached hydrogen (secondary N) is 1. The van der Waals surface area contributed by atoms with Crippen molar-refractivity contribution in [1.82, 2.24) is 10.3 Å². The number of rotatable bonds is 5. The molecule has 0 bridgehead atoms. The first kappa shape index (κ1) is 20.2. The lowest BCUT2D eigenvalue weighted by atomic mass is 10.1. The van der Waals surface area contributed by atoms with Crippen LogP contribution in [0.15, 0.2) is 41.5 Å². The minimum absolute atomic E-state index is 0.0306. The smallest absolute Gasteiger partial charge is 0.184 e. The molecule has 8 heteroatoms. The third-order valence-corrected chi connectivity index (χ3v) is 4.80. The van der Waals surface area contributed by atoms with E-state index in [0.717, 1.165) is 25.8 Å². The minimum atomic E-state index is -0.937. The maximum atomic E-state index is 14.6. The fourth-order valence-corrected chi connectivity index (χ4v) is 3.21. The van der Waals surface area contributed by atoms with E-state index in [2.05, 4.69) is 58.8 Å². The maximum Gasteiger partial charge on any atom is 0.184 e. The molecule has 3 rings (SSSR count). The third-order valence-electron chi connectivity index (χ3n) is 4.71. The molecule has 0 atom stereocenters. The highest BCUT2D eigenvalue weighted by atomic mass is 32.1. The van der Waals surface area contributed by atoms with Gasteiger partial charge in [-0.15, -0.1) is 0 Å². The highest BCUT2D eigenvalue weighted by molar-refractivity contribution is 7.80. The third kappa shape index (κ3) is 5.02. The highest BCUT2D eigenvalue weighted by Crippen LogP contribution is 2.25. The van der Waals surface area contributed by atoms with Gasteiger partial charge in [0.2, 0.25) is 0 Å². The Labute approximate surface area is 168 Å². The van der Waals surface area contributed by atoms with Gasteiger partial charge in [-0.05, 0) is 36.8 Å². The molecule has 2 aromatic carbocycles. The van der Waals surface area contributed by atoms with E-state index in [4.69, 9.17) is 5.73 Å². The lowest BCUT2D eigenvalue weighted by Crippen LogP contribution is -2.46. The van der Waals surface area contributed by atoms with Crippen LogP contribution in [0.25, 0.3) is 0 Å². The van der Waals surface area contributed by atoms with Crippen molar-refractivity contribution in [2.45, 2.75) is 13.5 Å². The van der Waals surface area contributed by atoms with Crippen molar-refractivity contribution in [3.63, 3.8) is 0 Å². The first-order valence-electron chi connectivity index (χ1n) is 9.03. The molecule has 1 aliphatic heterocycles. The van der Waals surface area contributed by atoms with Crippen molar-refractivity contribution in [1.29, 1.82) is 0 Å². The van der Waals surface area contributed by atoms with Crippen LogP contribution in [0.5, 0.6) is 0 Å². The van der Waals surface area contributed by atoms with Crippen LogP contribution in [-0.4, -0.2) is 42.4 Å². The van der Waals surface area contributed by atoms with E-state index >= 15 is 0 Å². The second-order valence-corrected chi connectivity index (χ2v) is 7.22. The molecular weight excluding hydrogens is 380 g/mol. The number of thiocarbonyl (C=S) groups is 1. The Kier molecular flexibility index (Phi) is 6.53. The van der Waals surface area contributed by atoms with Gasteiger partial charge in [0.05, 0.1) is 11.9 Å². The number of nitrogens with two attached hydrogens (primary N) is 1. The van der Waals surface area contributed by atoms with E-state index in [9.17, 15) is 8.78 Å². The van der Waals surface area contributed by atoms with E-state index in [-0.39, 0.29) is 16.4 Å². The summed E-state index contributed by atoms with van der Waals surface area (Å²) in [6.07, 6.45) is 1.15.